The Morgan fingerprint density at radius 3 is 2.47 bits per heavy atom. The minimum Gasteiger partial charge on any atom is -0.369 e. The monoisotopic (exact) mass is 291 g/mol. The quantitative estimate of drug-likeness (QED) is 0.650. The van der Waals surface area contributed by atoms with Crippen molar-refractivity contribution in [1.29, 1.82) is 0 Å². The number of likely N-dealkylation sites (tertiary alicyclic amines) is 1. The fourth-order valence-electron chi connectivity index (χ4n) is 2.43. The maximum Gasteiger partial charge on any atom is 0.231 e. The molecule has 0 spiro atoms. The highest BCUT2D eigenvalue weighted by Crippen LogP contribution is 2.11. The van der Waals surface area contributed by atoms with Gasteiger partial charge in [-0.1, -0.05) is 6.92 Å². The lowest BCUT2D eigenvalue weighted by Crippen LogP contribution is -2.48. The van der Waals surface area contributed by atoms with E-state index in [2.05, 4.69) is 5.32 Å². The normalized spacial score (nSPS) is 20.3. The first kappa shape index (κ1) is 16.4. The van der Waals surface area contributed by atoms with E-state index in [9.17, 15) is 13.2 Å². The molecule has 112 valence electrons. The van der Waals surface area contributed by atoms with E-state index < -0.39 is 9.84 Å². The fraction of sp³-hybridized carbons (Fsp3) is 0.917. The molecular weight excluding hydrogens is 266 g/mol. The SMILES string of the molecule is CCS(=O)(=O)CC(C)NC1CCN(CC(N)=O)CC1. The minimum absolute atomic E-state index is 0.0300. The van der Waals surface area contributed by atoms with Gasteiger partial charge in [0.05, 0.1) is 12.3 Å². The molecule has 1 fully saturated rings. The second kappa shape index (κ2) is 7.21. The van der Waals surface area contributed by atoms with Gasteiger partial charge in [-0.3, -0.25) is 9.69 Å². The summed E-state index contributed by atoms with van der Waals surface area (Å²) >= 11 is 0. The van der Waals surface area contributed by atoms with Crippen LogP contribution in [0.25, 0.3) is 0 Å². The highest BCUT2D eigenvalue weighted by atomic mass is 32.2. The number of hydrogen-bond acceptors (Lipinski definition) is 5. The molecule has 0 bridgehead atoms. The first-order chi connectivity index (χ1) is 8.82. The standard InChI is InChI=1S/C12H25N3O3S/c1-3-19(17,18)9-10(2)14-11-4-6-15(7-5-11)8-12(13)16/h10-11,14H,3-9H2,1-2H3,(H2,13,16). The summed E-state index contributed by atoms with van der Waals surface area (Å²) in [6.45, 7) is 5.54. The molecule has 0 radical (unpaired) electrons. The third-order valence-electron chi connectivity index (χ3n) is 3.43. The zero-order valence-corrected chi connectivity index (χ0v) is 12.6. The molecule has 6 nitrogen and oxygen atoms in total. The summed E-state index contributed by atoms with van der Waals surface area (Å²) in [5.74, 6) is 0.0787. The first-order valence-corrected chi connectivity index (χ1v) is 8.61. The molecule has 1 unspecified atom stereocenters. The Bertz CT molecular complexity index is 389. The Labute approximate surface area is 115 Å². The second-order valence-electron chi connectivity index (χ2n) is 5.28. The van der Waals surface area contributed by atoms with Gasteiger partial charge in [0.1, 0.15) is 0 Å². The molecule has 0 aromatic carbocycles. The fourth-order valence-corrected chi connectivity index (χ4v) is 3.52. The largest absolute Gasteiger partial charge is 0.369 e. The van der Waals surface area contributed by atoms with Crippen LogP contribution in [0.4, 0.5) is 0 Å². The number of amides is 1. The van der Waals surface area contributed by atoms with E-state index in [-0.39, 0.29) is 23.5 Å². The number of nitrogens with one attached hydrogen (secondary N) is 1. The van der Waals surface area contributed by atoms with Crippen molar-refractivity contribution in [3.05, 3.63) is 0 Å². The number of carbonyl (C=O) groups is 1. The molecule has 1 heterocycles. The van der Waals surface area contributed by atoms with Crippen molar-refractivity contribution in [2.24, 2.45) is 5.73 Å². The highest BCUT2D eigenvalue weighted by Gasteiger charge is 2.22. The van der Waals surface area contributed by atoms with Crippen molar-refractivity contribution >= 4 is 15.7 Å². The molecule has 0 aromatic rings. The third kappa shape index (κ3) is 6.35. The molecule has 0 aromatic heterocycles. The first-order valence-electron chi connectivity index (χ1n) is 6.79. The topological polar surface area (TPSA) is 92.5 Å². The van der Waals surface area contributed by atoms with Gasteiger partial charge in [0.2, 0.25) is 5.91 Å². The van der Waals surface area contributed by atoms with Crippen LogP contribution in [0.3, 0.4) is 0 Å². The summed E-state index contributed by atoms with van der Waals surface area (Å²) in [6.07, 6.45) is 1.84. The summed E-state index contributed by atoms with van der Waals surface area (Å²) in [5, 5.41) is 3.36. The van der Waals surface area contributed by atoms with E-state index in [1.165, 1.54) is 0 Å². The zero-order valence-electron chi connectivity index (χ0n) is 11.8. The van der Waals surface area contributed by atoms with E-state index in [0.717, 1.165) is 25.9 Å². The molecule has 1 saturated heterocycles. The lowest BCUT2D eigenvalue weighted by atomic mass is 10.0. The predicted molar refractivity (Wildman–Crippen MR) is 75.6 cm³/mol. The number of sulfone groups is 1. The maximum absolute atomic E-state index is 11.5. The molecular formula is C12H25N3O3S. The van der Waals surface area contributed by atoms with Gasteiger partial charge in [0.25, 0.3) is 0 Å². The molecule has 1 rings (SSSR count). The molecule has 3 N–H and O–H groups in total. The van der Waals surface area contributed by atoms with Gasteiger partial charge in [0.15, 0.2) is 9.84 Å². The van der Waals surface area contributed by atoms with Crippen molar-refractivity contribution in [2.75, 3.05) is 31.1 Å². The van der Waals surface area contributed by atoms with Gasteiger partial charge in [-0.2, -0.15) is 0 Å². The van der Waals surface area contributed by atoms with Crippen molar-refractivity contribution in [3.63, 3.8) is 0 Å². The smallest absolute Gasteiger partial charge is 0.231 e. The summed E-state index contributed by atoms with van der Waals surface area (Å²) < 4.78 is 23.1. The van der Waals surface area contributed by atoms with E-state index in [1.54, 1.807) is 6.92 Å². The number of hydrogen-bond donors (Lipinski definition) is 2. The third-order valence-corrected chi connectivity index (χ3v) is 5.32. The van der Waals surface area contributed by atoms with Crippen LogP contribution in [-0.2, 0) is 14.6 Å². The van der Waals surface area contributed by atoms with Gasteiger partial charge < -0.3 is 11.1 Å². The molecule has 0 saturated carbocycles. The Hall–Kier alpha value is -0.660. The van der Waals surface area contributed by atoms with Gasteiger partial charge in [-0.15, -0.1) is 0 Å². The molecule has 1 amide bonds. The number of rotatable bonds is 7. The van der Waals surface area contributed by atoms with Gasteiger partial charge in [-0.05, 0) is 19.8 Å². The van der Waals surface area contributed by atoms with Gasteiger partial charge in [-0.25, -0.2) is 8.42 Å². The van der Waals surface area contributed by atoms with Crippen molar-refractivity contribution in [3.8, 4) is 0 Å². The van der Waals surface area contributed by atoms with E-state index in [1.807, 2.05) is 11.8 Å². The number of nitrogens with two attached hydrogens (primary N) is 1. The average Bonchev–Trinajstić information content (AvgIpc) is 2.30. The highest BCUT2D eigenvalue weighted by molar-refractivity contribution is 7.91. The van der Waals surface area contributed by atoms with E-state index in [4.69, 9.17) is 5.73 Å². The summed E-state index contributed by atoms with van der Waals surface area (Å²) in [6, 6.07) is 0.295. The van der Waals surface area contributed by atoms with E-state index in [0.29, 0.717) is 12.6 Å². The average molecular weight is 291 g/mol. The van der Waals surface area contributed by atoms with Gasteiger partial charge >= 0.3 is 0 Å². The van der Waals surface area contributed by atoms with E-state index >= 15 is 0 Å². The van der Waals surface area contributed by atoms with Crippen molar-refractivity contribution < 1.29 is 13.2 Å². The molecule has 7 heteroatoms. The molecule has 1 atom stereocenters. The minimum atomic E-state index is -2.93. The van der Waals surface area contributed by atoms with Gasteiger partial charge in [0, 0.05) is 30.9 Å². The number of nitrogens with zero attached hydrogens (tertiary/aromatic N) is 1. The molecule has 0 aliphatic carbocycles. The Kier molecular flexibility index (Phi) is 6.22. The molecule has 1 aliphatic rings. The van der Waals surface area contributed by atoms with Crippen LogP contribution in [0.2, 0.25) is 0 Å². The van der Waals surface area contributed by atoms with Crippen LogP contribution in [0.15, 0.2) is 0 Å². The Balaban J connectivity index is 2.31. The zero-order chi connectivity index (χ0) is 14.5. The molecule has 1 aliphatic heterocycles. The Morgan fingerprint density at radius 1 is 1.42 bits per heavy atom. The number of primary amides is 1. The van der Waals surface area contributed by atoms with Crippen molar-refractivity contribution in [2.45, 2.75) is 38.8 Å². The van der Waals surface area contributed by atoms with Crippen LogP contribution in [0.1, 0.15) is 26.7 Å². The summed E-state index contributed by atoms with van der Waals surface area (Å²) in [4.78, 5) is 12.9. The lowest BCUT2D eigenvalue weighted by molar-refractivity contribution is -0.119. The maximum atomic E-state index is 11.5. The van der Waals surface area contributed by atoms with Crippen LogP contribution in [0, 0.1) is 0 Å². The Morgan fingerprint density at radius 2 is 2.00 bits per heavy atom. The predicted octanol–water partition coefficient (Wildman–Crippen LogP) is -0.651. The number of carbonyl (C=O) groups excluding carboxylic acids is 1. The van der Waals surface area contributed by atoms with Crippen LogP contribution >= 0.6 is 0 Å². The van der Waals surface area contributed by atoms with Crippen LogP contribution in [-0.4, -0.2) is 62.4 Å². The second-order valence-corrected chi connectivity index (χ2v) is 7.68. The summed E-state index contributed by atoms with van der Waals surface area (Å²) in [5.41, 5.74) is 5.16. The summed E-state index contributed by atoms with van der Waals surface area (Å²) in [7, 11) is -2.93. The lowest BCUT2D eigenvalue weighted by Gasteiger charge is -2.33. The molecule has 19 heavy (non-hydrogen) atoms. The number of piperidine rings is 1. The van der Waals surface area contributed by atoms with Crippen LogP contribution in [0.5, 0.6) is 0 Å². The van der Waals surface area contributed by atoms with Crippen molar-refractivity contribution in [1.82, 2.24) is 10.2 Å². The van der Waals surface area contributed by atoms with Crippen LogP contribution < -0.4 is 11.1 Å².